The molecule has 2 heterocycles. The first-order valence-electron chi connectivity index (χ1n) is 7.61. The van der Waals surface area contributed by atoms with Crippen LogP contribution in [0.3, 0.4) is 0 Å². The predicted octanol–water partition coefficient (Wildman–Crippen LogP) is 4.14. The van der Waals surface area contributed by atoms with Crippen LogP contribution >= 0.6 is 11.6 Å². The molecule has 0 fully saturated rings. The van der Waals surface area contributed by atoms with Crippen LogP contribution in [0.5, 0.6) is 0 Å². The van der Waals surface area contributed by atoms with Crippen LogP contribution in [-0.4, -0.2) is 23.5 Å². The molecule has 0 aliphatic heterocycles. The number of nitrogens with zero attached hydrogens (tertiary/aromatic N) is 1. The summed E-state index contributed by atoms with van der Waals surface area (Å²) in [7, 11) is -4.12. The molecule has 1 N–H and O–H groups in total. The molecule has 0 unspecified atom stereocenters. The van der Waals surface area contributed by atoms with E-state index in [2.05, 4.69) is 9.55 Å². The Morgan fingerprint density at radius 3 is 2.21 bits per heavy atom. The third kappa shape index (κ3) is 3.38. The largest absolute Gasteiger partial charge is 0.741 e. The van der Waals surface area contributed by atoms with E-state index in [1.807, 2.05) is 37.4 Å². The van der Waals surface area contributed by atoms with E-state index in [4.69, 9.17) is 24.6 Å². The lowest BCUT2D eigenvalue weighted by molar-refractivity contribution is -0.616. The van der Waals surface area contributed by atoms with E-state index >= 15 is 0 Å². The number of aryl methyl sites for hydroxylation is 1. The Labute approximate surface area is 160 Å². The van der Waals surface area contributed by atoms with Crippen LogP contribution in [0, 0.1) is 5.82 Å². The number of para-hydroxylation sites is 2. The van der Waals surface area contributed by atoms with Gasteiger partial charge in [-0.3, -0.25) is 0 Å². The third-order valence-electron chi connectivity index (χ3n) is 4.10. The van der Waals surface area contributed by atoms with E-state index < -0.39 is 15.6 Å². The van der Waals surface area contributed by atoms with Gasteiger partial charge < -0.3 is 9.54 Å². The first-order valence-corrected chi connectivity index (χ1v) is 9.40. The Morgan fingerprint density at radius 2 is 1.61 bits per heavy atom. The van der Waals surface area contributed by atoms with Crippen LogP contribution in [0.4, 0.5) is 17.6 Å². The molecule has 0 bridgehead atoms. The number of aromatic amines is 1. The van der Waals surface area contributed by atoms with Crippen LogP contribution < -0.4 is 4.57 Å². The lowest BCUT2D eigenvalue weighted by Gasteiger charge is -2.08. The minimum absolute atomic E-state index is 0.265. The maximum Gasteiger partial charge on any atom is 0.485 e. The van der Waals surface area contributed by atoms with Gasteiger partial charge >= 0.3 is 5.51 Å². The van der Waals surface area contributed by atoms with Crippen LogP contribution in [0.1, 0.15) is 0 Å². The topological polar surface area (TPSA) is 76.9 Å². The van der Waals surface area contributed by atoms with Crippen molar-refractivity contribution in [3.05, 3.63) is 53.3 Å². The number of hydrogen-bond donors (Lipinski definition) is 1. The van der Waals surface area contributed by atoms with Gasteiger partial charge in [0.2, 0.25) is 11.0 Å². The zero-order valence-corrected chi connectivity index (χ0v) is 15.6. The highest BCUT2D eigenvalue weighted by molar-refractivity contribution is 7.86. The molecule has 148 valence electrons. The van der Waals surface area contributed by atoms with Gasteiger partial charge in [-0.1, -0.05) is 29.8 Å². The SMILES string of the molecule is C[n+]1c2ccccc2c(Cl)c2[nH]c3c(F)cccc3c21.O=S(=O)([O-])C(F)(F)F. The first kappa shape index (κ1) is 20.3. The molecule has 4 rings (SSSR count). The Morgan fingerprint density at radius 1 is 1.04 bits per heavy atom. The van der Waals surface area contributed by atoms with Crippen molar-refractivity contribution < 1.29 is 35.1 Å². The van der Waals surface area contributed by atoms with Crippen molar-refractivity contribution in [1.29, 1.82) is 0 Å². The molecular formula is C17H11ClF4N2O3S. The quantitative estimate of drug-likeness (QED) is 0.195. The fourth-order valence-electron chi connectivity index (χ4n) is 2.88. The average molecular weight is 435 g/mol. The number of hydrogen-bond acceptors (Lipinski definition) is 3. The molecule has 28 heavy (non-hydrogen) atoms. The van der Waals surface area contributed by atoms with Crippen molar-refractivity contribution in [3.8, 4) is 0 Å². The highest BCUT2D eigenvalue weighted by Gasteiger charge is 2.36. The van der Waals surface area contributed by atoms with Crippen LogP contribution in [-0.2, 0) is 17.2 Å². The second-order valence-electron chi connectivity index (χ2n) is 5.80. The molecule has 0 saturated heterocycles. The van der Waals surface area contributed by atoms with Crippen molar-refractivity contribution in [2.75, 3.05) is 0 Å². The summed E-state index contributed by atoms with van der Waals surface area (Å²) in [4.78, 5) is 3.12. The van der Waals surface area contributed by atoms with E-state index in [0.717, 1.165) is 27.3 Å². The van der Waals surface area contributed by atoms with Crippen LogP contribution in [0.25, 0.3) is 32.8 Å². The molecule has 0 atom stereocenters. The van der Waals surface area contributed by atoms with Gasteiger partial charge in [-0.05, 0) is 18.2 Å². The van der Waals surface area contributed by atoms with Crippen molar-refractivity contribution >= 4 is 54.6 Å². The van der Waals surface area contributed by atoms with E-state index in [0.29, 0.717) is 10.5 Å². The summed E-state index contributed by atoms with van der Waals surface area (Å²) in [5, 5.41) is 2.43. The highest BCUT2D eigenvalue weighted by Crippen LogP contribution is 2.33. The predicted molar refractivity (Wildman–Crippen MR) is 95.2 cm³/mol. The zero-order valence-electron chi connectivity index (χ0n) is 14.0. The summed E-state index contributed by atoms with van der Waals surface area (Å²) in [6.07, 6.45) is 0. The molecule has 0 radical (unpaired) electrons. The Bertz CT molecular complexity index is 1320. The average Bonchev–Trinajstić information content (AvgIpc) is 3.00. The highest BCUT2D eigenvalue weighted by atomic mass is 35.5. The Balaban J connectivity index is 0.000000242. The van der Waals surface area contributed by atoms with Crippen molar-refractivity contribution in [3.63, 3.8) is 0 Å². The Hall–Kier alpha value is -2.43. The number of halogens is 5. The van der Waals surface area contributed by atoms with Gasteiger partial charge in [0.1, 0.15) is 18.4 Å². The lowest BCUT2D eigenvalue weighted by atomic mass is 10.1. The molecule has 0 aliphatic carbocycles. The van der Waals surface area contributed by atoms with Crippen LogP contribution in [0.15, 0.2) is 42.5 Å². The standard InChI is InChI=1S/C16H10ClFN2.CHF3O3S/c1-20-12-8-3-2-5-9(12)13(17)15-16(20)10-6-4-7-11(18)14(10)19-15;2-1(3,4)8(5,6)7/h2-8H,1H3;(H,5,6,7). The van der Waals surface area contributed by atoms with E-state index in [9.17, 15) is 17.6 Å². The number of fused-ring (bicyclic) bond motifs is 4. The second kappa shape index (κ2) is 6.87. The van der Waals surface area contributed by atoms with Crippen LogP contribution in [0.2, 0.25) is 5.02 Å². The maximum atomic E-state index is 14.0. The minimum atomic E-state index is -6.09. The summed E-state index contributed by atoms with van der Waals surface area (Å²) < 4.78 is 74.9. The number of alkyl halides is 3. The Kier molecular flexibility index (Phi) is 4.98. The van der Waals surface area contributed by atoms with E-state index in [-0.39, 0.29) is 5.82 Å². The van der Waals surface area contributed by atoms with E-state index in [1.165, 1.54) is 6.07 Å². The number of pyridine rings is 1. The molecule has 0 aliphatic rings. The molecule has 2 aromatic heterocycles. The second-order valence-corrected chi connectivity index (χ2v) is 7.55. The number of aromatic nitrogens is 2. The normalized spacial score (nSPS) is 12.4. The van der Waals surface area contributed by atoms with E-state index in [1.54, 1.807) is 6.07 Å². The fraction of sp³-hybridized carbons (Fsp3) is 0.118. The fourth-order valence-corrected chi connectivity index (χ4v) is 3.18. The molecule has 0 spiro atoms. The summed E-state index contributed by atoms with van der Waals surface area (Å²) in [6, 6.07) is 13.0. The summed E-state index contributed by atoms with van der Waals surface area (Å²) >= 11 is 6.50. The molecule has 11 heteroatoms. The molecule has 5 nitrogen and oxygen atoms in total. The lowest BCUT2D eigenvalue weighted by Crippen LogP contribution is -2.29. The minimum Gasteiger partial charge on any atom is -0.741 e. The van der Waals surface area contributed by atoms with Crippen molar-refractivity contribution in [2.45, 2.75) is 5.51 Å². The third-order valence-corrected chi connectivity index (χ3v) is 5.06. The van der Waals surface area contributed by atoms with Gasteiger partial charge in [0.25, 0.3) is 0 Å². The zero-order chi connectivity index (χ0) is 20.9. The molecule has 4 aromatic rings. The number of nitrogens with one attached hydrogen (secondary N) is 1. The van der Waals surface area contributed by atoms with Crippen molar-refractivity contribution in [2.24, 2.45) is 7.05 Å². The molecule has 0 saturated carbocycles. The van der Waals surface area contributed by atoms with Gasteiger partial charge in [0, 0.05) is 6.07 Å². The van der Waals surface area contributed by atoms with Crippen molar-refractivity contribution in [1.82, 2.24) is 4.98 Å². The summed E-state index contributed by atoms with van der Waals surface area (Å²) in [6.45, 7) is 0. The first-order chi connectivity index (χ1) is 12.9. The summed E-state index contributed by atoms with van der Waals surface area (Å²) in [5.74, 6) is -0.265. The van der Waals surface area contributed by atoms with Gasteiger partial charge in [-0.15, -0.1) is 0 Å². The van der Waals surface area contributed by atoms with Gasteiger partial charge in [-0.25, -0.2) is 12.8 Å². The number of H-pyrrole nitrogens is 1. The molecule has 0 amide bonds. The number of benzene rings is 2. The maximum absolute atomic E-state index is 14.0. The van der Waals surface area contributed by atoms with Gasteiger partial charge in [-0.2, -0.15) is 17.7 Å². The smallest absolute Gasteiger partial charge is 0.485 e. The summed E-state index contributed by atoms with van der Waals surface area (Å²) in [5.41, 5.74) is -2.44. The molecular weight excluding hydrogens is 424 g/mol. The monoisotopic (exact) mass is 434 g/mol. The number of rotatable bonds is 0. The van der Waals surface area contributed by atoms with Gasteiger partial charge in [0.05, 0.1) is 21.3 Å². The molecule has 2 aromatic carbocycles. The van der Waals surface area contributed by atoms with Gasteiger partial charge in [0.15, 0.2) is 10.1 Å².